The van der Waals surface area contributed by atoms with Gasteiger partial charge in [-0.25, -0.2) is 0 Å². The van der Waals surface area contributed by atoms with Crippen LogP contribution in [0.3, 0.4) is 0 Å². The van der Waals surface area contributed by atoms with Gasteiger partial charge in [0.2, 0.25) is 0 Å². The lowest BCUT2D eigenvalue weighted by Gasteiger charge is -2.19. The van der Waals surface area contributed by atoms with Crippen LogP contribution in [-0.4, -0.2) is 18.1 Å². The van der Waals surface area contributed by atoms with E-state index in [0.717, 1.165) is 36.3 Å². The molecular formula is C23H17N5OS3. The molecule has 0 bridgehead atoms. The van der Waals surface area contributed by atoms with Crippen LogP contribution in [0.5, 0.6) is 0 Å². The quantitative estimate of drug-likeness (QED) is 0.197. The van der Waals surface area contributed by atoms with Crippen LogP contribution >= 0.6 is 34.9 Å². The summed E-state index contributed by atoms with van der Waals surface area (Å²) in [4.78, 5) is 14.9. The zero-order valence-electron chi connectivity index (χ0n) is 16.9. The highest BCUT2D eigenvalue weighted by Gasteiger charge is 2.20. The van der Waals surface area contributed by atoms with E-state index in [1.165, 1.54) is 0 Å². The molecule has 3 heterocycles. The largest absolute Gasteiger partial charge is 0.345 e. The number of azo groups is 1. The molecule has 1 saturated heterocycles. The normalized spacial score (nSPS) is 15.0. The molecule has 5 rings (SSSR count). The fourth-order valence-electron chi connectivity index (χ4n) is 3.24. The second-order valence-electron chi connectivity index (χ2n) is 7.04. The Bertz CT molecular complexity index is 1340. The number of para-hydroxylation sites is 1. The topological polar surface area (TPSA) is 69.1 Å². The van der Waals surface area contributed by atoms with Crippen LogP contribution in [-0.2, 0) is 4.79 Å². The van der Waals surface area contributed by atoms with Crippen molar-refractivity contribution < 1.29 is 4.79 Å². The first-order chi connectivity index (χ1) is 15.5. The summed E-state index contributed by atoms with van der Waals surface area (Å²) >= 11 is 8.13. The molecule has 4 aromatic rings. The van der Waals surface area contributed by atoms with E-state index in [4.69, 9.17) is 12.2 Å². The van der Waals surface area contributed by atoms with Gasteiger partial charge in [-0.3, -0.25) is 10.1 Å². The average Bonchev–Trinajstić information content (AvgIpc) is 3.45. The van der Waals surface area contributed by atoms with E-state index in [1.807, 2.05) is 61.6 Å². The summed E-state index contributed by atoms with van der Waals surface area (Å²) in [7, 11) is 2.04. The minimum atomic E-state index is -0.206. The predicted molar refractivity (Wildman–Crippen MR) is 137 cm³/mol. The number of hydrogen-bond acceptors (Lipinski definition) is 7. The molecule has 1 amide bonds. The van der Waals surface area contributed by atoms with Gasteiger partial charge < -0.3 is 10.2 Å². The Labute approximate surface area is 197 Å². The number of nitrogens with one attached hydrogen (secondary N) is 2. The van der Waals surface area contributed by atoms with Crippen LogP contribution in [0, 0.1) is 0 Å². The number of carbonyl (C=O) groups is 1. The van der Waals surface area contributed by atoms with Crippen LogP contribution in [0.15, 0.2) is 82.7 Å². The third-order valence-corrected chi connectivity index (χ3v) is 7.19. The van der Waals surface area contributed by atoms with Gasteiger partial charge in [0.15, 0.2) is 5.11 Å². The number of rotatable bonds is 5. The van der Waals surface area contributed by atoms with E-state index in [-0.39, 0.29) is 5.91 Å². The molecule has 0 saturated carbocycles. The van der Waals surface area contributed by atoms with E-state index in [0.29, 0.717) is 10.8 Å². The van der Waals surface area contributed by atoms with Crippen molar-refractivity contribution in [2.45, 2.75) is 0 Å². The van der Waals surface area contributed by atoms with E-state index in [9.17, 15) is 4.79 Å². The van der Waals surface area contributed by atoms with Gasteiger partial charge in [0, 0.05) is 32.7 Å². The van der Waals surface area contributed by atoms with Gasteiger partial charge >= 0.3 is 0 Å². The van der Waals surface area contributed by atoms with Crippen LogP contribution in [0.1, 0.15) is 4.88 Å². The highest BCUT2D eigenvalue weighted by atomic mass is 32.1. The monoisotopic (exact) mass is 475 g/mol. The molecular weight excluding hydrogens is 458 g/mol. The van der Waals surface area contributed by atoms with Crippen molar-refractivity contribution >= 4 is 83.5 Å². The van der Waals surface area contributed by atoms with E-state index in [2.05, 4.69) is 37.9 Å². The Morgan fingerprint density at radius 2 is 1.62 bits per heavy atom. The van der Waals surface area contributed by atoms with Crippen molar-refractivity contribution in [1.29, 1.82) is 0 Å². The molecule has 0 aliphatic carbocycles. The maximum absolute atomic E-state index is 11.8. The average molecular weight is 476 g/mol. The van der Waals surface area contributed by atoms with Crippen LogP contribution in [0.4, 0.5) is 22.1 Å². The summed E-state index contributed by atoms with van der Waals surface area (Å²) in [5.74, 6) is -0.206. The van der Waals surface area contributed by atoms with Gasteiger partial charge in [-0.1, -0.05) is 18.2 Å². The number of benzene rings is 2. The number of carbonyl (C=O) groups excluding carboxylic acids is 1. The standard InChI is InChI=1S/C23H17N5OS3/c1-28(15-5-3-2-4-6-15)16-9-7-14(8-10-16)26-27-21-13-20-19(32-21)12-17(31-20)11-18-22(29)25-23(30)24-18/h2-13H,1H3,(H2,24,25,29,30)/b18-11+,27-26?. The molecule has 1 aliphatic heterocycles. The Morgan fingerprint density at radius 3 is 2.31 bits per heavy atom. The Hall–Kier alpha value is -3.40. The third-order valence-electron chi connectivity index (χ3n) is 4.86. The number of hydrogen-bond donors (Lipinski definition) is 2. The van der Waals surface area contributed by atoms with E-state index < -0.39 is 0 Å². The summed E-state index contributed by atoms with van der Waals surface area (Å²) in [6, 6.07) is 22.3. The third kappa shape index (κ3) is 4.31. The minimum absolute atomic E-state index is 0.206. The highest BCUT2D eigenvalue weighted by molar-refractivity contribution is 7.80. The van der Waals surface area contributed by atoms with Crippen molar-refractivity contribution in [1.82, 2.24) is 10.6 Å². The lowest BCUT2D eigenvalue weighted by atomic mass is 10.2. The summed E-state index contributed by atoms with van der Waals surface area (Å²) in [5, 5.41) is 15.4. The van der Waals surface area contributed by atoms with Gasteiger partial charge in [0.1, 0.15) is 10.7 Å². The van der Waals surface area contributed by atoms with Gasteiger partial charge in [-0.05, 0) is 66.8 Å². The summed E-state index contributed by atoms with van der Waals surface area (Å²) in [5.41, 5.74) is 3.47. The van der Waals surface area contributed by atoms with Crippen molar-refractivity contribution in [2.75, 3.05) is 11.9 Å². The van der Waals surface area contributed by atoms with Gasteiger partial charge in [-0.2, -0.15) is 0 Å². The SMILES string of the molecule is CN(c1ccccc1)c1ccc(N=Nc2cc3sc(/C=C4/NC(=S)NC4=O)cc3s2)cc1. The van der Waals surface area contributed by atoms with Crippen molar-refractivity contribution in [3.63, 3.8) is 0 Å². The maximum atomic E-state index is 11.8. The summed E-state index contributed by atoms with van der Waals surface area (Å²) < 4.78 is 2.22. The molecule has 1 aliphatic rings. The number of nitrogens with zero attached hydrogens (tertiary/aromatic N) is 3. The first kappa shape index (κ1) is 20.5. The van der Waals surface area contributed by atoms with Crippen molar-refractivity contribution in [3.8, 4) is 0 Å². The minimum Gasteiger partial charge on any atom is -0.345 e. The lowest BCUT2D eigenvalue weighted by Crippen LogP contribution is -2.21. The predicted octanol–water partition coefficient (Wildman–Crippen LogP) is 6.49. The van der Waals surface area contributed by atoms with Gasteiger partial charge in [-0.15, -0.1) is 32.9 Å². The number of amides is 1. The summed E-state index contributed by atoms with van der Waals surface area (Å²) in [6.07, 6.45) is 1.81. The maximum Gasteiger partial charge on any atom is 0.273 e. The molecule has 158 valence electrons. The lowest BCUT2D eigenvalue weighted by molar-refractivity contribution is -0.115. The van der Waals surface area contributed by atoms with Crippen molar-refractivity contribution in [2.24, 2.45) is 10.2 Å². The number of thiocarbonyl (C=S) groups is 1. The molecule has 0 atom stereocenters. The fourth-order valence-corrected chi connectivity index (χ4v) is 5.61. The van der Waals surface area contributed by atoms with E-state index in [1.54, 1.807) is 28.7 Å². The Kier molecular flexibility index (Phi) is 5.52. The number of anilines is 2. The van der Waals surface area contributed by atoms with E-state index >= 15 is 0 Å². The second-order valence-corrected chi connectivity index (χ2v) is 9.62. The molecule has 0 radical (unpaired) electrons. The zero-order chi connectivity index (χ0) is 22.1. The molecule has 2 aromatic carbocycles. The Morgan fingerprint density at radius 1 is 0.906 bits per heavy atom. The van der Waals surface area contributed by atoms with Crippen LogP contribution < -0.4 is 15.5 Å². The zero-order valence-corrected chi connectivity index (χ0v) is 19.4. The molecule has 0 unspecified atom stereocenters. The smallest absolute Gasteiger partial charge is 0.273 e. The Balaban J connectivity index is 1.29. The molecule has 6 nitrogen and oxygen atoms in total. The molecule has 2 N–H and O–H groups in total. The van der Waals surface area contributed by atoms with Gasteiger partial charge in [0.25, 0.3) is 5.91 Å². The highest BCUT2D eigenvalue weighted by Crippen LogP contribution is 2.39. The number of thiophene rings is 2. The van der Waals surface area contributed by atoms with Crippen molar-refractivity contribution in [3.05, 3.63) is 77.3 Å². The molecule has 9 heteroatoms. The first-order valence-corrected chi connectivity index (χ1v) is 11.8. The molecule has 1 fully saturated rings. The summed E-state index contributed by atoms with van der Waals surface area (Å²) in [6.45, 7) is 0. The van der Waals surface area contributed by atoms with Crippen LogP contribution in [0.2, 0.25) is 0 Å². The van der Waals surface area contributed by atoms with Gasteiger partial charge in [0.05, 0.1) is 5.69 Å². The first-order valence-electron chi connectivity index (χ1n) is 9.73. The fraction of sp³-hybridized carbons (Fsp3) is 0.0435. The second kappa shape index (κ2) is 8.62. The van der Waals surface area contributed by atoms with Crippen LogP contribution in [0.25, 0.3) is 15.5 Å². The molecule has 0 spiro atoms. The molecule has 32 heavy (non-hydrogen) atoms. The number of fused-ring (bicyclic) bond motifs is 1. The molecule has 2 aromatic heterocycles.